The fourth-order valence-electron chi connectivity index (χ4n) is 2.48. The lowest BCUT2D eigenvalue weighted by Crippen LogP contribution is -2.45. The highest BCUT2D eigenvalue weighted by atomic mass is 16.5. The molecule has 4 nitrogen and oxygen atoms in total. The van der Waals surface area contributed by atoms with Crippen LogP contribution in [0.2, 0.25) is 0 Å². The standard InChI is InChI=1S/C13H16N2O2/c1-9-7-15(8-10(2)17-9)13-11-4-6-16-12(11)3-5-14-13/h3-6,9-10H,7-8H2,1-2H3/t9-,10+. The normalized spacial score (nSPS) is 25.4. The third kappa shape index (κ3) is 1.89. The Morgan fingerprint density at radius 1 is 1.24 bits per heavy atom. The van der Waals surface area contributed by atoms with Crippen LogP contribution < -0.4 is 4.90 Å². The summed E-state index contributed by atoms with van der Waals surface area (Å²) in [5, 5.41) is 1.08. The lowest BCUT2D eigenvalue weighted by atomic mass is 10.2. The zero-order chi connectivity index (χ0) is 11.8. The summed E-state index contributed by atoms with van der Waals surface area (Å²) >= 11 is 0. The summed E-state index contributed by atoms with van der Waals surface area (Å²) in [7, 11) is 0. The van der Waals surface area contributed by atoms with E-state index in [1.54, 1.807) is 12.5 Å². The smallest absolute Gasteiger partial charge is 0.139 e. The minimum atomic E-state index is 0.239. The van der Waals surface area contributed by atoms with Gasteiger partial charge in [0.1, 0.15) is 11.4 Å². The molecule has 0 bridgehead atoms. The molecule has 0 saturated carbocycles. The van der Waals surface area contributed by atoms with Crippen LogP contribution in [0.5, 0.6) is 0 Å². The van der Waals surface area contributed by atoms with E-state index in [-0.39, 0.29) is 12.2 Å². The Kier molecular flexibility index (Phi) is 2.52. The number of morpholine rings is 1. The van der Waals surface area contributed by atoms with Crippen molar-refractivity contribution >= 4 is 16.8 Å². The van der Waals surface area contributed by atoms with Gasteiger partial charge in [0.2, 0.25) is 0 Å². The summed E-state index contributed by atoms with van der Waals surface area (Å²) in [5.41, 5.74) is 0.891. The molecule has 0 spiro atoms. The Morgan fingerprint density at radius 3 is 2.76 bits per heavy atom. The zero-order valence-corrected chi connectivity index (χ0v) is 10.1. The lowest BCUT2D eigenvalue weighted by molar-refractivity contribution is -0.00536. The molecule has 1 saturated heterocycles. The first-order valence-electron chi connectivity index (χ1n) is 5.96. The summed E-state index contributed by atoms with van der Waals surface area (Å²) in [4.78, 5) is 6.76. The van der Waals surface area contributed by atoms with Gasteiger partial charge in [-0.1, -0.05) is 0 Å². The van der Waals surface area contributed by atoms with Gasteiger partial charge in [-0.15, -0.1) is 0 Å². The summed E-state index contributed by atoms with van der Waals surface area (Å²) in [6.45, 7) is 5.94. The molecule has 0 aliphatic carbocycles. The average Bonchev–Trinajstić information content (AvgIpc) is 2.75. The SMILES string of the molecule is C[C@@H]1CN(c2nccc3occc23)C[C@H](C)O1. The summed E-state index contributed by atoms with van der Waals surface area (Å²) in [6, 6.07) is 3.87. The van der Waals surface area contributed by atoms with Crippen molar-refractivity contribution in [2.75, 3.05) is 18.0 Å². The van der Waals surface area contributed by atoms with Crippen molar-refractivity contribution in [2.45, 2.75) is 26.1 Å². The predicted molar refractivity (Wildman–Crippen MR) is 66.2 cm³/mol. The van der Waals surface area contributed by atoms with E-state index in [1.807, 2.05) is 12.1 Å². The van der Waals surface area contributed by atoms with Crippen LogP contribution in [0.15, 0.2) is 29.0 Å². The first-order valence-corrected chi connectivity index (χ1v) is 5.96. The van der Waals surface area contributed by atoms with Gasteiger partial charge in [0, 0.05) is 19.3 Å². The van der Waals surface area contributed by atoms with Crippen LogP contribution in [-0.4, -0.2) is 30.3 Å². The van der Waals surface area contributed by atoms with Crippen LogP contribution in [0.1, 0.15) is 13.8 Å². The molecule has 0 amide bonds. The van der Waals surface area contributed by atoms with E-state index in [0.29, 0.717) is 0 Å². The number of fused-ring (bicyclic) bond motifs is 1. The molecular weight excluding hydrogens is 216 g/mol. The van der Waals surface area contributed by atoms with Gasteiger partial charge in [-0.25, -0.2) is 4.98 Å². The van der Waals surface area contributed by atoms with E-state index in [1.165, 1.54) is 0 Å². The lowest BCUT2D eigenvalue weighted by Gasteiger charge is -2.36. The van der Waals surface area contributed by atoms with E-state index in [0.717, 1.165) is 29.9 Å². The fourth-order valence-corrected chi connectivity index (χ4v) is 2.48. The Balaban J connectivity index is 2.00. The summed E-state index contributed by atoms with van der Waals surface area (Å²) in [6.07, 6.45) is 3.99. The summed E-state index contributed by atoms with van der Waals surface area (Å²) < 4.78 is 11.1. The number of nitrogens with zero attached hydrogens (tertiary/aromatic N) is 2. The summed E-state index contributed by atoms with van der Waals surface area (Å²) in [5.74, 6) is 0.998. The maximum Gasteiger partial charge on any atom is 0.139 e. The van der Waals surface area contributed by atoms with Gasteiger partial charge in [-0.05, 0) is 26.0 Å². The van der Waals surface area contributed by atoms with Crippen LogP contribution in [0.25, 0.3) is 11.0 Å². The molecule has 0 radical (unpaired) electrons. The van der Waals surface area contributed by atoms with Gasteiger partial charge < -0.3 is 14.1 Å². The molecule has 1 aliphatic heterocycles. The average molecular weight is 232 g/mol. The molecule has 0 N–H and O–H groups in total. The molecule has 2 aromatic heterocycles. The fraction of sp³-hybridized carbons (Fsp3) is 0.462. The molecule has 4 heteroatoms. The minimum absolute atomic E-state index is 0.239. The molecule has 2 aromatic rings. The molecule has 2 atom stereocenters. The number of anilines is 1. The third-order valence-electron chi connectivity index (χ3n) is 3.08. The molecular formula is C13H16N2O2. The first-order chi connectivity index (χ1) is 8.24. The minimum Gasteiger partial charge on any atom is -0.464 e. The van der Waals surface area contributed by atoms with Crippen LogP contribution >= 0.6 is 0 Å². The quantitative estimate of drug-likeness (QED) is 0.757. The van der Waals surface area contributed by atoms with Gasteiger partial charge >= 0.3 is 0 Å². The molecule has 90 valence electrons. The number of rotatable bonds is 1. The van der Waals surface area contributed by atoms with Crippen molar-refractivity contribution in [3.8, 4) is 0 Å². The van der Waals surface area contributed by atoms with Crippen LogP contribution in [0.3, 0.4) is 0 Å². The molecule has 0 unspecified atom stereocenters. The van der Waals surface area contributed by atoms with Gasteiger partial charge in [0.15, 0.2) is 0 Å². The molecule has 17 heavy (non-hydrogen) atoms. The van der Waals surface area contributed by atoms with Crippen molar-refractivity contribution in [2.24, 2.45) is 0 Å². The second-order valence-electron chi connectivity index (χ2n) is 4.63. The Hall–Kier alpha value is -1.55. The van der Waals surface area contributed by atoms with Crippen molar-refractivity contribution in [1.29, 1.82) is 0 Å². The molecule has 3 heterocycles. The van der Waals surface area contributed by atoms with Gasteiger partial charge in [-0.2, -0.15) is 0 Å². The Morgan fingerprint density at radius 2 is 2.00 bits per heavy atom. The highest BCUT2D eigenvalue weighted by Crippen LogP contribution is 2.27. The molecule has 1 aliphatic rings. The van der Waals surface area contributed by atoms with E-state index in [4.69, 9.17) is 9.15 Å². The third-order valence-corrected chi connectivity index (χ3v) is 3.08. The monoisotopic (exact) mass is 232 g/mol. The maximum absolute atomic E-state index is 5.74. The second-order valence-corrected chi connectivity index (χ2v) is 4.63. The van der Waals surface area contributed by atoms with Crippen molar-refractivity contribution < 1.29 is 9.15 Å². The largest absolute Gasteiger partial charge is 0.464 e. The Bertz CT molecular complexity index is 513. The first kappa shape index (κ1) is 10.6. The highest BCUT2D eigenvalue weighted by molar-refractivity contribution is 5.88. The molecule has 3 rings (SSSR count). The molecule has 0 aromatic carbocycles. The second kappa shape index (κ2) is 4.04. The number of pyridine rings is 1. The van der Waals surface area contributed by atoms with Crippen LogP contribution in [-0.2, 0) is 4.74 Å². The number of aromatic nitrogens is 1. The molecule has 1 fully saturated rings. The van der Waals surface area contributed by atoms with Crippen LogP contribution in [0.4, 0.5) is 5.82 Å². The van der Waals surface area contributed by atoms with Gasteiger partial charge in [0.25, 0.3) is 0 Å². The van der Waals surface area contributed by atoms with E-state index < -0.39 is 0 Å². The van der Waals surface area contributed by atoms with E-state index >= 15 is 0 Å². The number of ether oxygens (including phenoxy) is 1. The Labute approximate surface area is 100 Å². The number of hydrogen-bond acceptors (Lipinski definition) is 4. The van der Waals surface area contributed by atoms with Gasteiger partial charge in [-0.3, -0.25) is 0 Å². The van der Waals surface area contributed by atoms with Crippen molar-refractivity contribution in [3.05, 3.63) is 24.6 Å². The number of furan rings is 1. The van der Waals surface area contributed by atoms with Gasteiger partial charge in [0.05, 0.1) is 23.9 Å². The van der Waals surface area contributed by atoms with Crippen LogP contribution in [0, 0.1) is 0 Å². The number of hydrogen-bond donors (Lipinski definition) is 0. The zero-order valence-electron chi connectivity index (χ0n) is 10.1. The van der Waals surface area contributed by atoms with E-state index in [2.05, 4.69) is 23.7 Å². The van der Waals surface area contributed by atoms with E-state index in [9.17, 15) is 0 Å². The maximum atomic E-state index is 5.74. The predicted octanol–water partition coefficient (Wildman–Crippen LogP) is 2.44. The topological polar surface area (TPSA) is 38.5 Å². The van der Waals surface area contributed by atoms with Crippen molar-refractivity contribution in [1.82, 2.24) is 4.98 Å². The highest BCUT2D eigenvalue weighted by Gasteiger charge is 2.24. The van der Waals surface area contributed by atoms with Crippen molar-refractivity contribution in [3.63, 3.8) is 0 Å².